The maximum Gasteiger partial charge on any atom is 0.115 e. The van der Waals surface area contributed by atoms with Crippen LogP contribution in [0.1, 0.15) is 17.5 Å². The maximum atomic E-state index is 9.25. The molecule has 0 spiro atoms. The first kappa shape index (κ1) is 10.5. The normalized spacial score (nSPS) is 15.4. The number of halogens is 1. The summed E-state index contributed by atoms with van der Waals surface area (Å²) in [5, 5.41) is 12.6. The third kappa shape index (κ3) is 2.45. The van der Waals surface area contributed by atoms with E-state index in [2.05, 4.69) is 5.32 Å². The number of fused-ring (bicyclic) bond motifs is 1. The molecule has 1 aromatic carbocycles. The van der Waals surface area contributed by atoms with Crippen LogP contribution < -0.4 is 5.32 Å². The second-order valence-electron chi connectivity index (χ2n) is 3.23. The molecule has 2 rings (SSSR count). The van der Waals surface area contributed by atoms with E-state index >= 15 is 0 Å². The number of phenols is 1. The Balaban J connectivity index is 0.000000845. The molecule has 0 unspecified atom stereocenters. The summed E-state index contributed by atoms with van der Waals surface area (Å²) in [4.78, 5) is 0. The van der Waals surface area contributed by atoms with Crippen molar-refractivity contribution >= 4 is 17.0 Å². The van der Waals surface area contributed by atoms with Crippen molar-refractivity contribution in [1.29, 1.82) is 0 Å². The van der Waals surface area contributed by atoms with Crippen LogP contribution in [0.4, 0.5) is 0 Å². The third-order valence-electron chi connectivity index (χ3n) is 2.30. The van der Waals surface area contributed by atoms with E-state index in [1.165, 1.54) is 17.5 Å². The fourth-order valence-electron chi connectivity index (χ4n) is 1.65. The lowest BCUT2D eigenvalue weighted by Gasteiger charge is -2.04. The molecule has 1 aliphatic rings. The highest BCUT2D eigenvalue weighted by Gasteiger charge is 2.06. The van der Waals surface area contributed by atoms with E-state index in [-0.39, 0.29) is 17.0 Å². The SMILES string of the molecule is Br.Oc1ccc2c(c1)CNCCC2. The maximum absolute atomic E-state index is 9.25. The van der Waals surface area contributed by atoms with E-state index in [4.69, 9.17) is 0 Å². The van der Waals surface area contributed by atoms with Gasteiger partial charge in [-0.05, 0) is 42.6 Å². The molecule has 2 nitrogen and oxygen atoms in total. The summed E-state index contributed by atoms with van der Waals surface area (Å²) < 4.78 is 0. The Kier molecular flexibility index (Phi) is 3.75. The molecule has 72 valence electrons. The van der Waals surface area contributed by atoms with Gasteiger partial charge in [-0.1, -0.05) is 6.07 Å². The summed E-state index contributed by atoms with van der Waals surface area (Å²) in [6, 6.07) is 5.65. The van der Waals surface area contributed by atoms with Gasteiger partial charge in [0.1, 0.15) is 5.75 Å². The first-order valence-corrected chi connectivity index (χ1v) is 4.38. The predicted octanol–water partition coefficient (Wildman–Crippen LogP) is 2.01. The molecule has 1 aliphatic heterocycles. The zero-order chi connectivity index (χ0) is 8.39. The van der Waals surface area contributed by atoms with Crippen LogP contribution in [0.5, 0.6) is 5.75 Å². The number of rotatable bonds is 0. The smallest absolute Gasteiger partial charge is 0.115 e. The van der Waals surface area contributed by atoms with E-state index in [1.807, 2.05) is 12.1 Å². The van der Waals surface area contributed by atoms with Crippen LogP contribution in [0.15, 0.2) is 18.2 Å². The van der Waals surface area contributed by atoms with E-state index in [1.54, 1.807) is 6.07 Å². The van der Waals surface area contributed by atoms with Crippen LogP contribution in [0.3, 0.4) is 0 Å². The summed E-state index contributed by atoms with van der Waals surface area (Å²) in [7, 11) is 0. The van der Waals surface area contributed by atoms with E-state index in [0.29, 0.717) is 5.75 Å². The Hall–Kier alpha value is -0.540. The molecule has 1 heterocycles. The van der Waals surface area contributed by atoms with Crippen molar-refractivity contribution in [1.82, 2.24) is 5.32 Å². The Labute approximate surface area is 88.7 Å². The Morgan fingerprint density at radius 3 is 2.92 bits per heavy atom. The van der Waals surface area contributed by atoms with Crippen LogP contribution in [0.2, 0.25) is 0 Å². The predicted molar refractivity (Wildman–Crippen MR) is 58.5 cm³/mol. The second kappa shape index (κ2) is 4.63. The van der Waals surface area contributed by atoms with Crippen LogP contribution >= 0.6 is 17.0 Å². The molecule has 0 bridgehead atoms. The van der Waals surface area contributed by atoms with Gasteiger partial charge in [0.15, 0.2) is 0 Å². The minimum Gasteiger partial charge on any atom is -0.508 e. The molecule has 0 saturated carbocycles. The molecule has 1 aromatic rings. The molecule has 0 fully saturated rings. The van der Waals surface area contributed by atoms with Crippen molar-refractivity contribution < 1.29 is 5.11 Å². The number of phenolic OH excluding ortho intramolecular Hbond substituents is 1. The van der Waals surface area contributed by atoms with Gasteiger partial charge in [0.05, 0.1) is 0 Å². The summed E-state index contributed by atoms with van der Waals surface area (Å²) in [6.45, 7) is 1.97. The Morgan fingerprint density at radius 1 is 1.23 bits per heavy atom. The van der Waals surface area contributed by atoms with Gasteiger partial charge in [-0.25, -0.2) is 0 Å². The summed E-state index contributed by atoms with van der Waals surface area (Å²) in [5.74, 6) is 0.373. The number of aromatic hydroxyl groups is 1. The molecule has 0 aromatic heterocycles. The lowest BCUT2D eigenvalue weighted by Crippen LogP contribution is -2.11. The lowest BCUT2D eigenvalue weighted by molar-refractivity contribution is 0.474. The van der Waals surface area contributed by atoms with Gasteiger partial charge in [-0.3, -0.25) is 0 Å². The third-order valence-corrected chi connectivity index (χ3v) is 2.30. The average molecular weight is 244 g/mol. The van der Waals surface area contributed by atoms with Crippen molar-refractivity contribution in [2.45, 2.75) is 19.4 Å². The van der Waals surface area contributed by atoms with Gasteiger partial charge in [-0.2, -0.15) is 0 Å². The molecule has 2 N–H and O–H groups in total. The quantitative estimate of drug-likeness (QED) is 0.731. The van der Waals surface area contributed by atoms with E-state index < -0.39 is 0 Å². The molecule has 0 amide bonds. The standard InChI is InChI=1S/C10H13NO.BrH/c12-10-4-3-8-2-1-5-11-7-9(8)6-10;/h3-4,6,11-12H,1-2,5,7H2;1H. The number of nitrogens with one attached hydrogen (secondary N) is 1. The van der Waals surface area contributed by atoms with Crippen LogP contribution in [0.25, 0.3) is 0 Å². The molecule has 0 atom stereocenters. The molecular weight excluding hydrogens is 230 g/mol. The van der Waals surface area contributed by atoms with Gasteiger partial charge >= 0.3 is 0 Å². The van der Waals surface area contributed by atoms with Gasteiger partial charge in [0, 0.05) is 6.54 Å². The highest BCUT2D eigenvalue weighted by Crippen LogP contribution is 2.19. The summed E-state index contributed by atoms with van der Waals surface area (Å²) in [5.41, 5.74) is 2.62. The average Bonchev–Trinajstić information content (AvgIpc) is 2.28. The molecule has 13 heavy (non-hydrogen) atoms. The zero-order valence-electron chi connectivity index (χ0n) is 7.42. The molecule has 0 saturated heterocycles. The number of hydrogen-bond donors (Lipinski definition) is 2. The first-order valence-electron chi connectivity index (χ1n) is 4.38. The van der Waals surface area contributed by atoms with Crippen molar-refractivity contribution in [2.24, 2.45) is 0 Å². The Morgan fingerprint density at radius 2 is 2.08 bits per heavy atom. The second-order valence-corrected chi connectivity index (χ2v) is 3.23. The zero-order valence-corrected chi connectivity index (χ0v) is 9.13. The van der Waals surface area contributed by atoms with Gasteiger partial charge in [0.25, 0.3) is 0 Å². The lowest BCUT2D eigenvalue weighted by atomic mass is 10.0. The van der Waals surface area contributed by atoms with Crippen LogP contribution in [0, 0.1) is 0 Å². The van der Waals surface area contributed by atoms with Crippen molar-refractivity contribution in [3.05, 3.63) is 29.3 Å². The Bertz CT molecular complexity index is 288. The van der Waals surface area contributed by atoms with Crippen molar-refractivity contribution in [2.75, 3.05) is 6.54 Å². The fourth-order valence-corrected chi connectivity index (χ4v) is 1.65. The number of benzene rings is 1. The fraction of sp³-hybridized carbons (Fsp3) is 0.400. The van der Waals surface area contributed by atoms with Gasteiger partial charge in [0.2, 0.25) is 0 Å². The van der Waals surface area contributed by atoms with E-state index in [9.17, 15) is 5.11 Å². The molecule has 0 aliphatic carbocycles. The van der Waals surface area contributed by atoms with Crippen molar-refractivity contribution in [3.63, 3.8) is 0 Å². The van der Waals surface area contributed by atoms with Crippen LogP contribution in [-0.2, 0) is 13.0 Å². The largest absolute Gasteiger partial charge is 0.508 e. The minimum absolute atomic E-state index is 0. The molecule has 3 heteroatoms. The van der Waals surface area contributed by atoms with Crippen LogP contribution in [-0.4, -0.2) is 11.7 Å². The van der Waals surface area contributed by atoms with E-state index in [0.717, 1.165) is 19.5 Å². The summed E-state index contributed by atoms with van der Waals surface area (Å²) >= 11 is 0. The highest BCUT2D eigenvalue weighted by molar-refractivity contribution is 8.93. The topological polar surface area (TPSA) is 32.3 Å². The first-order chi connectivity index (χ1) is 5.86. The van der Waals surface area contributed by atoms with Gasteiger partial charge < -0.3 is 10.4 Å². The van der Waals surface area contributed by atoms with Crippen molar-refractivity contribution in [3.8, 4) is 5.75 Å². The number of hydrogen-bond acceptors (Lipinski definition) is 2. The van der Waals surface area contributed by atoms with Gasteiger partial charge in [-0.15, -0.1) is 17.0 Å². The highest BCUT2D eigenvalue weighted by atomic mass is 79.9. The number of aryl methyl sites for hydroxylation is 1. The monoisotopic (exact) mass is 243 g/mol. The minimum atomic E-state index is 0. The molecular formula is C10H14BrNO. The summed E-state index contributed by atoms with van der Waals surface area (Å²) in [6.07, 6.45) is 2.32. The molecule has 0 radical (unpaired) electrons.